The van der Waals surface area contributed by atoms with Crippen LogP contribution in [0.15, 0.2) is 24.3 Å². The molecule has 1 aromatic rings. The van der Waals surface area contributed by atoms with Gasteiger partial charge < -0.3 is 15.5 Å². The zero-order valence-corrected chi connectivity index (χ0v) is 11.3. The van der Waals surface area contributed by atoms with Crippen LogP contribution in [0, 0.1) is 0 Å². The molecule has 1 fully saturated rings. The first-order chi connectivity index (χ1) is 9.70. The molecule has 1 aliphatic carbocycles. The number of aliphatic hydroxyl groups excluding tert-OH is 2. The largest absolute Gasteiger partial charge is 0.416 e. The van der Waals surface area contributed by atoms with Gasteiger partial charge in [-0.2, -0.15) is 13.2 Å². The van der Waals surface area contributed by atoms with E-state index >= 15 is 0 Å². The van der Waals surface area contributed by atoms with Gasteiger partial charge in [0.25, 0.3) is 0 Å². The van der Waals surface area contributed by atoms with Crippen LogP contribution in [0.3, 0.4) is 0 Å². The number of hydrogen-bond donors (Lipinski definition) is 3. The van der Waals surface area contributed by atoms with Crippen LogP contribution in [0.2, 0.25) is 0 Å². The van der Waals surface area contributed by atoms with E-state index in [2.05, 4.69) is 5.32 Å². The molecule has 7 heteroatoms. The van der Waals surface area contributed by atoms with Crippen LogP contribution in [0.4, 0.5) is 13.2 Å². The van der Waals surface area contributed by atoms with Gasteiger partial charge in [0.05, 0.1) is 17.7 Å². The molecule has 21 heavy (non-hydrogen) atoms. The van der Waals surface area contributed by atoms with Gasteiger partial charge in [-0.25, -0.2) is 0 Å². The van der Waals surface area contributed by atoms with E-state index in [1.165, 1.54) is 19.1 Å². The molecule has 1 saturated carbocycles. The number of alkyl halides is 3. The summed E-state index contributed by atoms with van der Waals surface area (Å²) in [6, 6.07) is 3.82. The van der Waals surface area contributed by atoms with E-state index in [9.17, 15) is 28.2 Å². The first-order valence-electron chi connectivity index (χ1n) is 6.50. The first kappa shape index (κ1) is 15.8. The molecule has 0 spiro atoms. The fraction of sp³-hybridized carbons (Fsp3) is 0.500. The lowest BCUT2D eigenvalue weighted by atomic mass is 9.92. The molecule has 116 valence electrons. The summed E-state index contributed by atoms with van der Waals surface area (Å²) in [5, 5.41) is 22.1. The van der Waals surface area contributed by atoms with Gasteiger partial charge in [0.15, 0.2) is 0 Å². The van der Waals surface area contributed by atoms with Crippen molar-refractivity contribution in [3.8, 4) is 0 Å². The van der Waals surface area contributed by atoms with Crippen molar-refractivity contribution in [2.45, 2.75) is 43.7 Å². The van der Waals surface area contributed by atoms with Gasteiger partial charge in [-0.15, -0.1) is 0 Å². The lowest BCUT2D eigenvalue weighted by Crippen LogP contribution is -2.44. The minimum Gasteiger partial charge on any atom is -0.390 e. The maximum Gasteiger partial charge on any atom is 0.416 e. The Morgan fingerprint density at radius 3 is 2.29 bits per heavy atom. The fourth-order valence-corrected chi connectivity index (χ4v) is 2.71. The van der Waals surface area contributed by atoms with Crippen LogP contribution in [0.25, 0.3) is 0 Å². The number of carbonyl (C=O) groups excluding carboxylic acids is 1. The van der Waals surface area contributed by atoms with Crippen LogP contribution < -0.4 is 5.32 Å². The van der Waals surface area contributed by atoms with Crippen molar-refractivity contribution in [2.24, 2.45) is 0 Å². The lowest BCUT2D eigenvalue weighted by Gasteiger charge is -2.23. The van der Waals surface area contributed by atoms with Crippen LogP contribution in [-0.4, -0.2) is 34.4 Å². The molecule has 0 heterocycles. The minimum absolute atomic E-state index is 0.178. The molecule has 1 aromatic carbocycles. The Labute approximate surface area is 119 Å². The highest BCUT2D eigenvalue weighted by atomic mass is 19.4. The van der Waals surface area contributed by atoms with E-state index in [0.717, 1.165) is 12.1 Å². The molecule has 1 amide bonds. The number of nitrogens with one attached hydrogen (secondary N) is 1. The van der Waals surface area contributed by atoms with Gasteiger partial charge in [0.1, 0.15) is 6.10 Å². The molecule has 0 unspecified atom stereocenters. The molecule has 0 radical (unpaired) electrons. The molecular weight excluding hydrogens is 287 g/mol. The second-order valence-corrected chi connectivity index (χ2v) is 5.25. The summed E-state index contributed by atoms with van der Waals surface area (Å²) in [4.78, 5) is 11.2. The summed E-state index contributed by atoms with van der Waals surface area (Å²) >= 11 is 0. The molecule has 0 aliphatic heterocycles. The minimum atomic E-state index is -4.41. The number of benzene rings is 1. The predicted molar refractivity (Wildman–Crippen MR) is 68.4 cm³/mol. The van der Waals surface area contributed by atoms with Gasteiger partial charge >= 0.3 is 6.18 Å². The molecule has 3 N–H and O–H groups in total. The topological polar surface area (TPSA) is 69.6 Å². The summed E-state index contributed by atoms with van der Waals surface area (Å²) in [7, 11) is 0. The van der Waals surface area contributed by atoms with Gasteiger partial charge in [-0.3, -0.25) is 4.79 Å². The molecule has 4 nitrogen and oxygen atoms in total. The van der Waals surface area contributed by atoms with Crippen molar-refractivity contribution < 1.29 is 28.2 Å². The van der Waals surface area contributed by atoms with Gasteiger partial charge in [-0.1, -0.05) is 12.1 Å². The monoisotopic (exact) mass is 303 g/mol. The average molecular weight is 303 g/mol. The number of carbonyl (C=O) groups is 1. The normalized spacial score (nSPS) is 29.4. The average Bonchev–Trinajstić information content (AvgIpc) is 2.66. The molecule has 0 bridgehead atoms. The van der Waals surface area contributed by atoms with Crippen LogP contribution >= 0.6 is 0 Å². The zero-order chi connectivity index (χ0) is 15.8. The highest BCUT2D eigenvalue weighted by Gasteiger charge is 2.43. The summed E-state index contributed by atoms with van der Waals surface area (Å²) in [5.41, 5.74) is -0.223. The lowest BCUT2D eigenvalue weighted by molar-refractivity contribution is -0.137. The van der Waals surface area contributed by atoms with E-state index in [1.807, 2.05) is 0 Å². The Balaban J connectivity index is 2.25. The van der Waals surface area contributed by atoms with E-state index in [4.69, 9.17) is 0 Å². The molecular formula is C14H16F3NO3. The van der Waals surface area contributed by atoms with Crippen LogP contribution in [-0.2, 0) is 11.0 Å². The molecule has 4 atom stereocenters. The van der Waals surface area contributed by atoms with Crippen molar-refractivity contribution in [1.29, 1.82) is 0 Å². The van der Waals surface area contributed by atoms with E-state index in [0.29, 0.717) is 5.56 Å². The SMILES string of the molecule is CC(=O)N[C@H]1[C@H](O)[C@H](O)C[C@@H]1c1ccc(C(F)(F)F)cc1. The summed E-state index contributed by atoms with van der Waals surface area (Å²) < 4.78 is 37.6. The van der Waals surface area contributed by atoms with E-state index in [-0.39, 0.29) is 12.3 Å². The Morgan fingerprint density at radius 1 is 1.24 bits per heavy atom. The third-order valence-corrected chi connectivity index (χ3v) is 3.73. The standard InChI is InChI=1S/C14H16F3NO3/c1-7(19)18-12-10(6-11(20)13(12)21)8-2-4-9(5-3-8)14(15,16)17/h2-5,10-13,20-21H,6H2,1H3,(H,18,19)/t10-,11-,12-,13-/m1/s1. The van der Waals surface area contributed by atoms with Crippen molar-refractivity contribution in [3.63, 3.8) is 0 Å². The third-order valence-electron chi connectivity index (χ3n) is 3.73. The highest BCUT2D eigenvalue weighted by Crippen LogP contribution is 2.37. The fourth-order valence-electron chi connectivity index (χ4n) is 2.71. The first-order valence-corrected chi connectivity index (χ1v) is 6.50. The van der Waals surface area contributed by atoms with E-state index in [1.54, 1.807) is 0 Å². The number of aliphatic hydroxyl groups is 2. The van der Waals surface area contributed by atoms with Gasteiger partial charge in [0.2, 0.25) is 5.91 Å². The predicted octanol–water partition coefficient (Wildman–Crippen LogP) is 1.42. The second-order valence-electron chi connectivity index (χ2n) is 5.25. The van der Waals surface area contributed by atoms with Gasteiger partial charge in [0, 0.05) is 12.8 Å². The number of hydrogen-bond acceptors (Lipinski definition) is 3. The third kappa shape index (κ3) is 3.36. The molecule has 0 saturated heterocycles. The van der Waals surface area contributed by atoms with Crippen molar-refractivity contribution in [1.82, 2.24) is 5.32 Å². The maximum atomic E-state index is 12.5. The van der Waals surface area contributed by atoms with Crippen molar-refractivity contribution >= 4 is 5.91 Å². The van der Waals surface area contributed by atoms with Crippen LogP contribution in [0.1, 0.15) is 30.4 Å². The highest BCUT2D eigenvalue weighted by molar-refractivity contribution is 5.73. The summed E-state index contributed by atoms with van der Waals surface area (Å²) in [6.07, 6.45) is -6.39. The van der Waals surface area contributed by atoms with Crippen molar-refractivity contribution in [3.05, 3.63) is 35.4 Å². The Bertz CT molecular complexity index is 515. The number of amides is 1. The Morgan fingerprint density at radius 2 is 1.81 bits per heavy atom. The second kappa shape index (κ2) is 5.65. The van der Waals surface area contributed by atoms with Gasteiger partial charge in [-0.05, 0) is 24.1 Å². The van der Waals surface area contributed by atoms with E-state index < -0.39 is 35.9 Å². The summed E-state index contributed by atoms with van der Waals surface area (Å²) in [6.45, 7) is 1.28. The molecule has 1 aliphatic rings. The Hall–Kier alpha value is -1.60. The number of halogens is 3. The molecule has 0 aromatic heterocycles. The van der Waals surface area contributed by atoms with Crippen molar-refractivity contribution in [2.75, 3.05) is 0 Å². The number of rotatable bonds is 2. The maximum absolute atomic E-state index is 12.5. The smallest absolute Gasteiger partial charge is 0.390 e. The quantitative estimate of drug-likeness (QED) is 0.774. The summed E-state index contributed by atoms with van der Waals surface area (Å²) in [5.74, 6) is -0.800. The van der Waals surface area contributed by atoms with Crippen LogP contribution in [0.5, 0.6) is 0 Å². The Kier molecular flexibility index (Phi) is 4.25. The zero-order valence-electron chi connectivity index (χ0n) is 11.3. The molecule has 2 rings (SSSR count).